The molecule has 3 nitrogen and oxygen atoms in total. The second-order valence-corrected chi connectivity index (χ2v) is 6.30. The van der Waals surface area contributed by atoms with Crippen molar-refractivity contribution in [3.8, 4) is 0 Å². The molecule has 1 fully saturated rings. The molecule has 1 N–H and O–H groups in total. The Bertz CT molecular complexity index is 463. The van der Waals surface area contributed by atoms with Crippen molar-refractivity contribution in [2.24, 2.45) is 0 Å². The maximum atomic E-state index is 12.2. The van der Waals surface area contributed by atoms with Gasteiger partial charge >= 0.3 is 0 Å². The fourth-order valence-electron chi connectivity index (χ4n) is 2.43. The molecule has 2 heterocycles. The second kappa shape index (κ2) is 5.31. The van der Waals surface area contributed by atoms with E-state index in [1.54, 1.807) is 0 Å². The fraction of sp³-hybridized carbons (Fsp3) is 0.667. The summed E-state index contributed by atoms with van der Waals surface area (Å²) < 4.78 is 0.763. The highest BCUT2D eigenvalue weighted by Gasteiger charge is 2.27. The van der Waals surface area contributed by atoms with Gasteiger partial charge in [0.05, 0.1) is 6.42 Å². The average Bonchev–Trinajstić information content (AvgIpc) is 2.85. The van der Waals surface area contributed by atoms with E-state index in [4.69, 9.17) is 12.2 Å². The molecule has 1 amide bonds. The van der Waals surface area contributed by atoms with E-state index in [2.05, 4.69) is 11.9 Å². The molecule has 1 aliphatic rings. The van der Waals surface area contributed by atoms with Gasteiger partial charge in [0.15, 0.2) is 3.95 Å². The predicted molar refractivity (Wildman–Crippen MR) is 73.0 cm³/mol. The van der Waals surface area contributed by atoms with Gasteiger partial charge in [0, 0.05) is 23.2 Å². The molecular weight excluding hydrogens is 252 g/mol. The first-order valence-corrected chi connectivity index (χ1v) is 7.32. The Kier molecular flexibility index (Phi) is 3.99. The summed E-state index contributed by atoms with van der Waals surface area (Å²) in [5.41, 5.74) is 1.04. The van der Waals surface area contributed by atoms with E-state index in [-0.39, 0.29) is 5.91 Å². The Morgan fingerprint density at radius 1 is 1.65 bits per heavy atom. The quantitative estimate of drug-likeness (QED) is 0.857. The molecular formula is C12H18N2OS2. The molecule has 0 bridgehead atoms. The van der Waals surface area contributed by atoms with Crippen LogP contribution in [-0.2, 0) is 11.2 Å². The van der Waals surface area contributed by atoms with Crippen LogP contribution >= 0.6 is 23.6 Å². The topological polar surface area (TPSA) is 36.1 Å². The van der Waals surface area contributed by atoms with E-state index < -0.39 is 0 Å². The third-order valence-electron chi connectivity index (χ3n) is 3.40. The van der Waals surface area contributed by atoms with Crippen molar-refractivity contribution >= 4 is 29.5 Å². The summed E-state index contributed by atoms with van der Waals surface area (Å²) in [5, 5.41) is 0. The van der Waals surface area contributed by atoms with Crippen molar-refractivity contribution in [1.82, 2.24) is 9.88 Å². The van der Waals surface area contributed by atoms with E-state index in [0.29, 0.717) is 12.5 Å². The van der Waals surface area contributed by atoms with Crippen LogP contribution in [0.2, 0.25) is 0 Å². The molecule has 0 aromatic carbocycles. The van der Waals surface area contributed by atoms with E-state index >= 15 is 0 Å². The fourth-order valence-corrected chi connectivity index (χ4v) is 3.72. The maximum absolute atomic E-state index is 12.2. The second-order valence-electron chi connectivity index (χ2n) is 4.53. The van der Waals surface area contributed by atoms with Crippen LogP contribution in [0, 0.1) is 10.9 Å². The van der Waals surface area contributed by atoms with Crippen molar-refractivity contribution in [3.63, 3.8) is 0 Å². The minimum absolute atomic E-state index is 0.252. The number of likely N-dealkylation sites (tertiary alicyclic amines) is 1. The number of amides is 1. The average molecular weight is 270 g/mol. The molecule has 0 aliphatic carbocycles. The minimum Gasteiger partial charge on any atom is -0.341 e. The molecule has 1 atom stereocenters. The van der Waals surface area contributed by atoms with Crippen LogP contribution in [0.25, 0.3) is 0 Å². The summed E-state index contributed by atoms with van der Waals surface area (Å²) in [6.45, 7) is 5.06. The number of nitrogens with zero attached hydrogens (tertiary/aromatic N) is 1. The van der Waals surface area contributed by atoms with Gasteiger partial charge < -0.3 is 9.88 Å². The smallest absolute Gasteiger partial charge is 0.228 e. The first-order chi connectivity index (χ1) is 8.11. The summed E-state index contributed by atoms with van der Waals surface area (Å²) in [6.07, 6.45) is 3.86. The summed E-state index contributed by atoms with van der Waals surface area (Å²) >= 11 is 6.61. The van der Waals surface area contributed by atoms with Gasteiger partial charge in [-0.1, -0.05) is 6.92 Å². The summed E-state index contributed by atoms with van der Waals surface area (Å²) in [5.74, 6) is 0.252. The molecule has 5 heteroatoms. The van der Waals surface area contributed by atoms with Gasteiger partial charge in [-0.25, -0.2) is 0 Å². The van der Waals surface area contributed by atoms with Gasteiger partial charge in [-0.3, -0.25) is 4.79 Å². The number of carbonyl (C=O) groups is 1. The number of nitrogens with one attached hydrogen (secondary N) is 1. The SMILES string of the molecule is CCC1CCCN1C(=O)Cc1sc(=S)[nH]c1C. The Balaban J connectivity index is 2.06. The zero-order valence-corrected chi connectivity index (χ0v) is 11.9. The first kappa shape index (κ1) is 12.8. The molecule has 1 aromatic heterocycles. The van der Waals surface area contributed by atoms with Crippen molar-refractivity contribution < 1.29 is 4.79 Å². The van der Waals surface area contributed by atoms with Gasteiger partial charge in [-0.05, 0) is 38.4 Å². The largest absolute Gasteiger partial charge is 0.341 e. The van der Waals surface area contributed by atoms with Gasteiger partial charge in [-0.2, -0.15) is 0 Å². The van der Waals surface area contributed by atoms with Crippen molar-refractivity contribution in [2.45, 2.75) is 45.6 Å². The van der Waals surface area contributed by atoms with Crippen molar-refractivity contribution in [1.29, 1.82) is 0 Å². The van der Waals surface area contributed by atoms with E-state index in [0.717, 1.165) is 40.3 Å². The molecule has 0 radical (unpaired) electrons. The third-order valence-corrected chi connectivity index (χ3v) is 4.74. The van der Waals surface area contributed by atoms with Gasteiger partial charge in [0.1, 0.15) is 0 Å². The zero-order valence-electron chi connectivity index (χ0n) is 10.3. The summed E-state index contributed by atoms with van der Waals surface area (Å²) in [4.78, 5) is 18.5. The predicted octanol–water partition coefficient (Wildman–Crippen LogP) is 3.06. The number of thiazole rings is 1. The molecule has 0 spiro atoms. The summed E-state index contributed by atoms with van der Waals surface area (Å²) in [6, 6.07) is 0.453. The van der Waals surface area contributed by atoms with Crippen LogP contribution in [0.3, 0.4) is 0 Å². The Morgan fingerprint density at radius 3 is 3.00 bits per heavy atom. The number of carbonyl (C=O) groups excluding carboxylic acids is 1. The van der Waals surface area contributed by atoms with Crippen LogP contribution in [0.15, 0.2) is 0 Å². The number of hydrogen-bond donors (Lipinski definition) is 1. The lowest BCUT2D eigenvalue weighted by Gasteiger charge is -2.23. The minimum atomic E-state index is 0.252. The Labute approximate surface area is 111 Å². The van der Waals surface area contributed by atoms with Gasteiger partial charge in [-0.15, -0.1) is 11.3 Å². The number of aromatic amines is 1. The Morgan fingerprint density at radius 2 is 2.41 bits per heavy atom. The number of rotatable bonds is 3. The monoisotopic (exact) mass is 270 g/mol. The van der Waals surface area contributed by atoms with Crippen molar-refractivity contribution in [2.75, 3.05) is 6.54 Å². The third kappa shape index (κ3) is 2.77. The molecule has 2 rings (SSSR count). The van der Waals surface area contributed by atoms with E-state index in [1.807, 2.05) is 11.8 Å². The molecule has 1 aliphatic heterocycles. The van der Waals surface area contributed by atoms with Gasteiger partial charge in [0.25, 0.3) is 0 Å². The zero-order chi connectivity index (χ0) is 12.4. The number of H-pyrrole nitrogens is 1. The maximum Gasteiger partial charge on any atom is 0.228 e. The lowest BCUT2D eigenvalue weighted by Crippen LogP contribution is -2.36. The molecule has 1 saturated heterocycles. The molecule has 0 saturated carbocycles. The number of hydrogen-bond acceptors (Lipinski definition) is 3. The highest BCUT2D eigenvalue weighted by atomic mass is 32.1. The van der Waals surface area contributed by atoms with Gasteiger partial charge in [0.2, 0.25) is 5.91 Å². The van der Waals surface area contributed by atoms with Crippen molar-refractivity contribution in [3.05, 3.63) is 14.5 Å². The normalized spacial score (nSPS) is 19.9. The Hall–Kier alpha value is -0.680. The highest BCUT2D eigenvalue weighted by molar-refractivity contribution is 7.73. The molecule has 1 aromatic rings. The molecule has 94 valence electrons. The lowest BCUT2D eigenvalue weighted by molar-refractivity contribution is -0.131. The van der Waals surface area contributed by atoms with Crippen LogP contribution in [0.4, 0.5) is 0 Å². The van der Waals surface area contributed by atoms with Crippen LogP contribution < -0.4 is 0 Å². The molecule has 17 heavy (non-hydrogen) atoms. The van der Waals surface area contributed by atoms with E-state index in [1.165, 1.54) is 11.3 Å². The molecule has 1 unspecified atom stereocenters. The lowest BCUT2D eigenvalue weighted by atomic mass is 10.1. The van der Waals surface area contributed by atoms with Crippen LogP contribution in [0.5, 0.6) is 0 Å². The number of aryl methyl sites for hydroxylation is 1. The van der Waals surface area contributed by atoms with Crippen LogP contribution in [-0.4, -0.2) is 28.4 Å². The van der Waals surface area contributed by atoms with Crippen LogP contribution in [0.1, 0.15) is 36.8 Å². The summed E-state index contributed by atoms with van der Waals surface area (Å²) in [7, 11) is 0. The van der Waals surface area contributed by atoms with E-state index in [9.17, 15) is 4.79 Å². The first-order valence-electron chi connectivity index (χ1n) is 6.10. The highest BCUT2D eigenvalue weighted by Crippen LogP contribution is 2.22. The number of aromatic nitrogens is 1. The standard InChI is InChI=1S/C12H18N2OS2/c1-3-9-5-4-6-14(9)11(15)7-10-8(2)13-12(16)17-10/h9H,3-7H2,1-2H3,(H,13,16).